The van der Waals surface area contributed by atoms with Gasteiger partial charge in [0.15, 0.2) is 0 Å². The monoisotopic (exact) mass is 286 g/mol. The second kappa shape index (κ2) is 4.70. The first-order valence-corrected chi connectivity index (χ1v) is 7.23. The zero-order valence-electron chi connectivity index (χ0n) is 12.0. The number of nitrogens with one attached hydrogen (secondary N) is 1. The zero-order chi connectivity index (χ0) is 14.3. The first-order chi connectivity index (χ1) is 9.45. The van der Waals surface area contributed by atoms with Crippen LogP contribution in [0.15, 0.2) is 24.3 Å². The van der Waals surface area contributed by atoms with Gasteiger partial charge >= 0.3 is 0 Å². The molecular weight excluding hydrogens is 268 g/mol. The Labute approximate surface area is 124 Å². The molecule has 3 rings (SSSR count). The molecule has 3 nitrogen and oxygen atoms in total. The third kappa shape index (κ3) is 2.36. The minimum Gasteiger partial charge on any atom is -0.492 e. The lowest BCUT2D eigenvalue weighted by molar-refractivity contribution is 0.358. The number of para-hydroxylation sites is 1. The topological polar surface area (TPSA) is 37.9 Å². The van der Waals surface area contributed by atoms with E-state index >= 15 is 0 Å². The second-order valence-corrected chi connectivity index (χ2v) is 6.54. The SMILES string of the molecule is CC(C)(C)c1nc(=S)cc(-c2cccc3c2OCC3)[nH]1. The van der Waals surface area contributed by atoms with Crippen LogP contribution in [0.5, 0.6) is 5.75 Å². The molecule has 0 spiro atoms. The van der Waals surface area contributed by atoms with Crippen LogP contribution >= 0.6 is 12.2 Å². The Morgan fingerprint density at radius 1 is 1.30 bits per heavy atom. The third-order valence-electron chi connectivity index (χ3n) is 3.46. The summed E-state index contributed by atoms with van der Waals surface area (Å²) in [6.07, 6.45) is 0.973. The van der Waals surface area contributed by atoms with Crippen molar-refractivity contribution in [2.24, 2.45) is 0 Å². The molecule has 0 bridgehead atoms. The van der Waals surface area contributed by atoms with Gasteiger partial charge in [-0.15, -0.1) is 0 Å². The van der Waals surface area contributed by atoms with Gasteiger partial charge in [-0.05, 0) is 17.7 Å². The van der Waals surface area contributed by atoms with Gasteiger partial charge in [0.25, 0.3) is 0 Å². The van der Waals surface area contributed by atoms with Crippen LogP contribution in [-0.2, 0) is 11.8 Å². The van der Waals surface area contributed by atoms with Crippen molar-refractivity contribution in [3.8, 4) is 17.0 Å². The van der Waals surface area contributed by atoms with E-state index in [1.54, 1.807) is 0 Å². The van der Waals surface area contributed by atoms with E-state index < -0.39 is 0 Å². The average molecular weight is 286 g/mol. The molecular formula is C16H18N2OS. The Balaban J connectivity index is 2.19. The molecule has 2 heterocycles. The maximum Gasteiger partial charge on any atom is 0.131 e. The van der Waals surface area contributed by atoms with Crippen molar-refractivity contribution in [3.63, 3.8) is 0 Å². The molecule has 20 heavy (non-hydrogen) atoms. The summed E-state index contributed by atoms with van der Waals surface area (Å²) < 4.78 is 6.39. The highest BCUT2D eigenvalue weighted by atomic mass is 32.1. The van der Waals surface area contributed by atoms with Crippen molar-refractivity contribution in [1.29, 1.82) is 0 Å². The van der Waals surface area contributed by atoms with Crippen LogP contribution in [0.25, 0.3) is 11.3 Å². The van der Waals surface area contributed by atoms with Crippen molar-refractivity contribution in [1.82, 2.24) is 9.97 Å². The van der Waals surface area contributed by atoms with Gasteiger partial charge in [-0.25, -0.2) is 4.98 Å². The van der Waals surface area contributed by atoms with Gasteiger partial charge in [-0.2, -0.15) is 0 Å². The first-order valence-electron chi connectivity index (χ1n) is 6.82. The summed E-state index contributed by atoms with van der Waals surface area (Å²) >= 11 is 5.31. The Bertz CT molecular complexity index is 713. The fourth-order valence-corrected chi connectivity index (χ4v) is 2.59. The number of hydrogen-bond donors (Lipinski definition) is 1. The summed E-state index contributed by atoms with van der Waals surface area (Å²) in [7, 11) is 0. The largest absolute Gasteiger partial charge is 0.492 e. The molecule has 1 aromatic heterocycles. The average Bonchev–Trinajstić information content (AvgIpc) is 2.84. The van der Waals surface area contributed by atoms with Crippen molar-refractivity contribution < 1.29 is 4.74 Å². The Hall–Kier alpha value is -1.68. The molecule has 0 unspecified atom stereocenters. The zero-order valence-corrected chi connectivity index (χ0v) is 12.8. The molecule has 4 heteroatoms. The number of ether oxygens (including phenoxy) is 1. The molecule has 2 aromatic rings. The molecule has 1 N–H and O–H groups in total. The molecule has 0 saturated carbocycles. The molecule has 1 aliphatic heterocycles. The quantitative estimate of drug-likeness (QED) is 0.804. The minimum atomic E-state index is -0.0671. The van der Waals surface area contributed by atoms with Crippen LogP contribution in [0.4, 0.5) is 0 Å². The maximum absolute atomic E-state index is 5.77. The lowest BCUT2D eigenvalue weighted by Crippen LogP contribution is -2.16. The number of benzene rings is 1. The summed E-state index contributed by atoms with van der Waals surface area (Å²) in [6, 6.07) is 8.16. The summed E-state index contributed by atoms with van der Waals surface area (Å²) in [4.78, 5) is 7.86. The van der Waals surface area contributed by atoms with E-state index in [1.807, 2.05) is 6.07 Å². The first kappa shape index (κ1) is 13.3. The number of hydrogen-bond acceptors (Lipinski definition) is 3. The van der Waals surface area contributed by atoms with E-state index in [2.05, 4.69) is 48.9 Å². The van der Waals surface area contributed by atoms with Crippen molar-refractivity contribution in [3.05, 3.63) is 40.3 Å². The summed E-state index contributed by atoms with van der Waals surface area (Å²) in [6.45, 7) is 7.12. The van der Waals surface area contributed by atoms with Gasteiger partial charge in [-0.1, -0.05) is 45.1 Å². The van der Waals surface area contributed by atoms with Gasteiger partial charge < -0.3 is 9.72 Å². The Morgan fingerprint density at radius 3 is 2.85 bits per heavy atom. The summed E-state index contributed by atoms with van der Waals surface area (Å²) in [5.74, 6) is 1.87. The summed E-state index contributed by atoms with van der Waals surface area (Å²) in [5.41, 5.74) is 3.24. The highest BCUT2D eigenvalue weighted by Gasteiger charge is 2.20. The number of nitrogens with zero attached hydrogens (tertiary/aromatic N) is 1. The standard InChI is InChI=1S/C16H18N2OS/c1-16(2,3)15-17-12(9-13(20)18-15)11-6-4-5-10-7-8-19-14(10)11/h4-6,9H,7-8H2,1-3H3,(H,17,18,20). The maximum atomic E-state index is 5.77. The fourth-order valence-electron chi connectivity index (χ4n) is 2.39. The van der Waals surface area contributed by atoms with Gasteiger partial charge in [0.2, 0.25) is 0 Å². The number of rotatable bonds is 1. The predicted molar refractivity (Wildman–Crippen MR) is 82.8 cm³/mol. The van der Waals surface area contributed by atoms with Crippen LogP contribution in [0, 0.1) is 4.64 Å². The number of fused-ring (bicyclic) bond motifs is 1. The van der Waals surface area contributed by atoms with E-state index in [-0.39, 0.29) is 5.41 Å². The Morgan fingerprint density at radius 2 is 2.10 bits per heavy atom. The summed E-state index contributed by atoms with van der Waals surface area (Å²) in [5, 5.41) is 0. The van der Waals surface area contributed by atoms with Crippen LogP contribution in [-0.4, -0.2) is 16.6 Å². The predicted octanol–water partition coefficient (Wildman–Crippen LogP) is 4.04. The number of aromatic amines is 1. The van der Waals surface area contributed by atoms with Gasteiger partial charge in [0.05, 0.1) is 12.3 Å². The van der Waals surface area contributed by atoms with E-state index in [0.717, 1.165) is 35.9 Å². The normalized spacial score (nSPS) is 13.9. The molecule has 104 valence electrons. The molecule has 0 amide bonds. The molecule has 0 aliphatic carbocycles. The van der Waals surface area contributed by atoms with E-state index in [4.69, 9.17) is 17.0 Å². The van der Waals surface area contributed by atoms with Crippen LogP contribution in [0.3, 0.4) is 0 Å². The molecule has 0 fully saturated rings. The fraction of sp³-hybridized carbons (Fsp3) is 0.375. The minimum absolute atomic E-state index is 0.0671. The smallest absolute Gasteiger partial charge is 0.131 e. The third-order valence-corrected chi connectivity index (χ3v) is 3.67. The molecule has 0 atom stereocenters. The van der Waals surface area contributed by atoms with Crippen LogP contribution < -0.4 is 4.74 Å². The molecule has 1 aromatic carbocycles. The number of aromatic nitrogens is 2. The van der Waals surface area contributed by atoms with E-state index in [9.17, 15) is 0 Å². The Kier molecular flexibility index (Phi) is 3.13. The van der Waals surface area contributed by atoms with Gasteiger partial charge in [-0.3, -0.25) is 0 Å². The number of H-pyrrole nitrogens is 1. The lowest BCUT2D eigenvalue weighted by Gasteiger charge is -2.19. The van der Waals surface area contributed by atoms with Crippen LogP contribution in [0.2, 0.25) is 0 Å². The highest BCUT2D eigenvalue weighted by molar-refractivity contribution is 7.71. The van der Waals surface area contributed by atoms with Gasteiger partial charge in [0.1, 0.15) is 16.2 Å². The van der Waals surface area contributed by atoms with Crippen molar-refractivity contribution >= 4 is 12.2 Å². The second-order valence-electron chi connectivity index (χ2n) is 6.12. The lowest BCUT2D eigenvalue weighted by atomic mass is 9.95. The van der Waals surface area contributed by atoms with E-state index in [1.165, 1.54) is 5.56 Å². The molecule has 0 saturated heterocycles. The highest BCUT2D eigenvalue weighted by Crippen LogP contribution is 2.36. The van der Waals surface area contributed by atoms with Gasteiger partial charge in [0, 0.05) is 17.4 Å². The van der Waals surface area contributed by atoms with Crippen molar-refractivity contribution in [2.45, 2.75) is 32.6 Å². The van der Waals surface area contributed by atoms with Crippen molar-refractivity contribution in [2.75, 3.05) is 6.61 Å². The van der Waals surface area contributed by atoms with E-state index in [0.29, 0.717) is 4.64 Å². The molecule has 1 aliphatic rings. The molecule has 0 radical (unpaired) electrons. The van der Waals surface area contributed by atoms with Crippen LogP contribution in [0.1, 0.15) is 32.2 Å².